The van der Waals surface area contributed by atoms with Gasteiger partial charge in [0.2, 0.25) is 0 Å². The van der Waals surface area contributed by atoms with Crippen LogP contribution in [0, 0.1) is 5.82 Å². The summed E-state index contributed by atoms with van der Waals surface area (Å²) in [5.74, 6) is -1.02. The number of alkyl halides is 3. The first-order valence-corrected chi connectivity index (χ1v) is 7.04. The van der Waals surface area contributed by atoms with Gasteiger partial charge in [-0.15, -0.1) is 0 Å². The minimum atomic E-state index is -4.37. The van der Waals surface area contributed by atoms with Crippen molar-refractivity contribution in [2.24, 2.45) is 0 Å². The van der Waals surface area contributed by atoms with E-state index in [1.54, 1.807) is 0 Å². The van der Waals surface area contributed by atoms with Crippen molar-refractivity contribution < 1.29 is 22.4 Å². The van der Waals surface area contributed by atoms with Gasteiger partial charge in [-0.2, -0.15) is 13.2 Å². The van der Waals surface area contributed by atoms with Gasteiger partial charge in [-0.25, -0.2) is 4.39 Å². The van der Waals surface area contributed by atoms with E-state index in [1.165, 1.54) is 18.2 Å². The smallest absolute Gasteiger partial charge is 0.352 e. The number of benzene rings is 2. The van der Waals surface area contributed by atoms with E-state index >= 15 is 0 Å². The molecule has 23 heavy (non-hydrogen) atoms. The summed E-state index contributed by atoms with van der Waals surface area (Å²) in [6.45, 7) is 0.220. The van der Waals surface area contributed by atoms with E-state index in [0.29, 0.717) is 12.0 Å². The number of carbonyl (C=O) groups excluding carboxylic acids is 1. The van der Waals surface area contributed by atoms with Gasteiger partial charge in [-0.1, -0.05) is 23.7 Å². The molecule has 2 rings (SSSR count). The third-order valence-electron chi connectivity index (χ3n) is 3.16. The molecule has 7 heteroatoms. The molecule has 0 saturated heterocycles. The third-order valence-corrected chi connectivity index (χ3v) is 3.47. The summed E-state index contributed by atoms with van der Waals surface area (Å²) >= 11 is 5.77. The Morgan fingerprint density at radius 3 is 2.30 bits per heavy atom. The maximum Gasteiger partial charge on any atom is 0.416 e. The number of hydrogen-bond acceptors (Lipinski definition) is 1. The van der Waals surface area contributed by atoms with Crippen LogP contribution in [0.4, 0.5) is 17.6 Å². The highest BCUT2D eigenvalue weighted by molar-refractivity contribution is 6.33. The third kappa shape index (κ3) is 4.69. The Morgan fingerprint density at radius 1 is 1.09 bits per heavy atom. The van der Waals surface area contributed by atoms with Gasteiger partial charge in [-0.05, 0) is 42.3 Å². The van der Waals surface area contributed by atoms with Crippen molar-refractivity contribution in [1.82, 2.24) is 5.32 Å². The second-order valence-corrected chi connectivity index (χ2v) is 5.23. The van der Waals surface area contributed by atoms with Gasteiger partial charge in [0.1, 0.15) is 5.82 Å². The van der Waals surface area contributed by atoms with E-state index in [-0.39, 0.29) is 17.1 Å². The van der Waals surface area contributed by atoms with Crippen molar-refractivity contribution in [2.75, 3.05) is 6.54 Å². The van der Waals surface area contributed by atoms with Gasteiger partial charge in [0.25, 0.3) is 5.91 Å². The fraction of sp³-hybridized carbons (Fsp3) is 0.188. The standard InChI is InChI=1S/C16H12ClF4NO/c17-14-9-12(18)5-6-13(14)15(23)22-8-7-10-1-3-11(4-2-10)16(19,20)21/h1-6,9H,7-8H2,(H,22,23). The second-order valence-electron chi connectivity index (χ2n) is 4.82. The van der Waals surface area contributed by atoms with Crippen LogP contribution in [0.15, 0.2) is 42.5 Å². The van der Waals surface area contributed by atoms with Crippen LogP contribution in [0.25, 0.3) is 0 Å². The summed E-state index contributed by atoms with van der Waals surface area (Å²) in [5, 5.41) is 2.58. The molecule has 1 N–H and O–H groups in total. The molecule has 0 saturated carbocycles. The lowest BCUT2D eigenvalue weighted by molar-refractivity contribution is -0.137. The van der Waals surface area contributed by atoms with Crippen LogP contribution >= 0.6 is 11.6 Å². The molecule has 122 valence electrons. The lowest BCUT2D eigenvalue weighted by Gasteiger charge is -2.09. The van der Waals surface area contributed by atoms with Crippen molar-refractivity contribution >= 4 is 17.5 Å². The SMILES string of the molecule is O=C(NCCc1ccc(C(F)(F)F)cc1)c1ccc(F)cc1Cl. The van der Waals surface area contributed by atoms with Crippen LogP contribution in [0.2, 0.25) is 5.02 Å². The maximum absolute atomic E-state index is 12.9. The Balaban J connectivity index is 1.90. The Hall–Kier alpha value is -2.08. The van der Waals surface area contributed by atoms with E-state index in [1.807, 2.05) is 0 Å². The average Bonchev–Trinajstić information content (AvgIpc) is 2.46. The number of rotatable bonds is 4. The summed E-state index contributed by atoms with van der Waals surface area (Å²) in [7, 11) is 0. The summed E-state index contributed by atoms with van der Waals surface area (Å²) in [6.07, 6.45) is -4.01. The Morgan fingerprint density at radius 2 is 1.74 bits per heavy atom. The lowest BCUT2D eigenvalue weighted by atomic mass is 10.1. The highest BCUT2D eigenvalue weighted by Gasteiger charge is 2.29. The molecule has 0 aromatic heterocycles. The Kier molecular flexibility index (Phi) is 5.26. The van der Waals surface area contributed by atoms with Gasteiger partial charge >= 0.3 is 6.18 Å². The zero-order valence-corrected chi connectivity index (χ0v) is 12.5. The van der Waals surface area contributed by atoms with Crippen LogP contribution in [0.3, 0.4) is 0 Å². The molecule has 0 spiro atoms. The fourth-order valence-corrected chi connectivity index (χ4v) is 2.20. The van der Waals surface area contributed by atoms with Crippen molar-refractivity contribution in [3.63, 3.8) is 0 Å². The predicted molar refractivity (Wildman–Crippen MR) is 78.9 cm³/mol. The zero-order valence-electron chi connectivity index (χ0n) is 11.8. The Bertz CT molecular complexity index is 698. The summed E-state index contributed by atoms with van der Waals surface area (Å²) in [5.41, 5.74) is 0.0763. The van der Waals surface area contributed by atoms with Gasteiger partial charge in [0.05, 0.1) is 16.1 Å². The van der Waals surface area contributed by atoms with Gasteiger partial charge in [-0.3, -0.25) is 4.79 Å². The molecule has 0 bridgehead atoms. The molecular formula is C16H12ClF4NO. The first-order chi connectivity index (χ1) is 10.8. The van der Waals surface area contributed by atoms with Crippen molar-refractivity contribution in [3.8, 4) is 0 Å². The lowest BCUT2D eigenvalue weighted by Crippen LogP contribution is -2.26. The van der Waals surface area contributed by atoms with Crippen molar-refractivity contribution in [1.29, 1.82) is 0 Å². The first kappa shape index (κ1) is 17.3. The molecule has 0 atom stereocenters. The molecule has 0 aliphatic rings. The van der Waals surface area contributed by atoms with Gasteiger partial charge < -0.3 is 5.32 Å². The summed E-state index contributed by atoms with van der Waals surface area (Å²) < 4.78 is 50.2. The van der Waals surface area contributed by atoms with Crippen LogP contribution in [0.1, 0.15) is 21.5 Å². The topological polar surface area (TPSA) is 29.1 Å². The molecule has 0 fully saturated rings. The van der Waals surface area contributed by atoms with Gasteiger partial charge in [0.15, 0.2) is 0 Å². The minimum Gasteiger partial charge on any atom is -0.352 e. The minimum absolute atomic E-state index is 0.00275. The average molecular weight is 346 g/mol. The van der Waals surface area contributed by atoms with Crippen molar-refractivity contribution in [3.05, 3.63) is 70.0 Å². The van der Waals surface area contributed by atoms with E-state index in [0.717, 1.165) is 24.3 Å². The van der Waals surface area contributed by atoms with Gasteiger partial charge in [0, 0.05) is 6.54 Å². The molecule has 1 amide bonds. The number of halogens is 5. The number of hydrogen-bond donors (Lipinski definition) is 1. The molecule has 0 radical (unpaired) electrons. The zero-order chi connectivity index (χ0) is 17.0. The van der Waals surface area contributed by atoms with E-state index in [2.05, 4.69) is 5.32 Å². The predicted octanol–water partition coefficient (Wildman–Crippen LogP) is 4.47. The highest BCUT2D eigenvalue weighted by atomic mass is 35.5. The van der Waals surface area contributed by atoms with E-state index in [4.69, 9.17) is 11.6 Å². The quantitative estimate of drug-likeness (QED) is 0.814. The number of carbonyl (C=O) groups is 1. The van der Waals surface area contributed by atoms with Crippen LogP contribution in [-0.4, -0.2) is 12.5 Å². The molecule has 2 aromatic rings. The Labute approximate surface area is 135 Å². The molecule has 2 aromatic carbocycles. The number of nitrogens with one attached hydrogen (secondary N) is 1. The fourth-order valence-electron chi connectivity index (χ4n) is 1.95. The first-order valence-electron chi connectivity index (χ1n) is 6.67. The molecule has 0 aliphatic carbocycles. The largest absolute Gasteiger partial charge is 0.416 e. The maximum atomic E-state index is 12.9. The van der Waals surface area contributed by atoms with Crippen LogP contribution in [0.5, 0.6) is 0 Å². The second kappa shape index (κ2) is 7.00. The molecule has 0 heterocycles. The molecule has 2 nitrogen and oxygen atoms in total. The van der Waals surface area contributed by atoms with Crippen molar-refractivity contribution in [2.45, 2.75) is 12.6 Å². The molecular weight excluding hydrogens is 334 g/mol. The summed E-state index contributed by atoms with van der Waals surface area (Å²) in [4.78, 5) is 11.9. The summed E-state index contributed by atoms with van der Waals surface area (Å²) in [6, 6.07) is 8.13. The van der Waals surface area contributed by atoms with Crippen LogP contribution < -0.4 is 5.32 Å². The molecule has 0 aliphatic heterocycles. The highest BCUT2D eigenvalue weighted by Crippen LogP contribution is 2.29. The van der Waals surface area contributed by atoms with Crippen LogP contribution in [-0.2, 0) is 12.6 Å². The van der Waals surface area contributed by atoms with E-state index in [9.17, 15) is 22.4 Å². The normalized spacial score (nSPS) is 11.3. The monoisotopic (exact) mass is 345 g/mol. The molecule has 0 unspecified atom stereocenters. The van der Waals surface area contributed by atoms with E-state index < -0.39 is 23.5 Å². The number of amides is 1.